The highest BCUT2D eigenvalue weighted by atomic mass is 19.1. The zero-order chi connectivity index (χ0) is 16.7. The van der Waals surface area contributed by atoms with Gasteiger partial charge in [0, 0.05) is 32.2 Å². The Morgan fingerprint density at radius 3 is 2.29 bits per heavy atom. The van der Waals surface area contributed by atoms with E-state index >= 15 is 0 Å². The number of hydrogen-bond acceptors (Lipinski definition) is 3. The maximum absolute atomic E-state index is 13.2. The van der Waals surface area contributed by atoms with E-state index in [0.717, 1.165) is 63.8 Å². The lowest BCUT2D eigenvalue weighted by Gasteiger charge is -2.40. The predicted molar refractivity (Wildman–Crippen MR) is 89.1 cm³/mol. The molecule has 1 aromatic carbocycles. The van der Waals surface area contributed by atoms with E-state index in [2.05, 4.69) is 4.90 Å². The predicted octanol–water partition coefficient (Wildman–Crippen LogP) is 1.91. The number of carbonyl (C=O) groups excluding carboxylic acids is 1. The fourth-order valence-corrected chi connectivity index (χ4v) is 4.43. The Hall–Kier alpha value is -1.46. The molecule has 1 saturated heterocycles. The van der Waals surface area contributed by atoms with Gasteiger partial charge in [-0.3, -0.25) is 9.69 Å². The summed E-state index contributed by atoms with van der Waals surface area (Å²) in [7, 11) is 0. The van der Waals surface area contributed by atoms with Gasteiger partial charge in [0.1, 0.15) is 5.82 Å². The van der Waals surface area contributed by atoms with Crippen molar-refractivity contribution in [3.8, 4) is 0 Å². The molecule has 4 rings (SSSR count). The Balaban J connectivity index is 1.40. The second-order valence-electron chi connectivity index (χ2n) is 7.48. The Labute approximate surface area is 142 Å². The Morgan fingerprint density at radius 2 is 1.75 bits per heavy atom. The van der Waals surface area contributed by atoms with E-state index < -0.39 is 5.41 Å². The first-order chi connectivity index (χ1) is 11.6. The minimum absolute atomic E-state index is 0.195. The van der Waals surface area contributed by atoms with Crippen molar-refractivity contribution >= 4 is 5.91 Å². The lowest BCUT2D eigenvalue weighted by molar-refractivity contribution is -0.136. The van der Waals surface area contributed by atoms with Crippen LogP contribution in [0.1, 0.15) is 37.7 Å². The molecule has 3 aliphatic rings. The van der Waals surface area contributed by atoms with Crippen LogP contribution in [0.25, 0.3) is 0 Å². The first-order valence-electron chi connectivity index (χ1n) is 9.08. The molecular formula is C19H25FN2O2. The van der Waals surface area contributed by atoms with Crippen LogP contribution in [0.2, 0.25) is 0 Å². The van der Waals surface area contributed by atoms with Gasteiger partial charge in [0.25, 0.3) is 0 Å². The number of aliphatic hydroxyl groups is 1. The highest BCUT2D eigenvalue weighted by Crippen LogP contribution is 2.49. The molecule has 2 atom stereocenters. The van der Waals surface area contributed by atoms with E-state index in [0.29, 0.717) is 0 Å². The number of benzene rings is 1. The van der Waals surface area contributed by atoms with Crippen LogP contribution < -0.4 is 0 Å². The second-order valence-corrected chi connectivity index (χ2v) is 7.48. The van der Waals surface area contributed by atoms with E-state index in [-0.39, 0.29) is 23.9 Å². The molecule has 24 heavy (non-hydrogen) atoms. The highest BCUT2D eigenvalue weighted by Gasteiger charge is 2.53. The van der Waals surface area contributed by atoms with Crippen molar-refractivity contribution in [2.75, 3.05) is 26.2 Å². The summed E-state index contributed by atoms with van der Waals surface area (Å²) < 4.78 is 13.2. The van der Waals surface area contributed by atoms with E-state index in [1.807, 2.05) is 4.90 Å². The molecule has 1 N–H and O–H groups in total. The Morgan fingerprint density at radius 1 is 1.08 bits per heavy atom. The molecule has 1 aliphatic heterocycles. The molecule has 3 fully saturated rings. The summed E-state index contributed by atoms with van der Waals surface area (Å²) in [5.74, 6) is -0.0635. The molecule has 2 saturated carbocycles. The molecule has 4 nitrogen and oxygen atoms in total. The normalized spacial score (nSPS) is 29.7. The van der Waals surface area contributed by atoms with Crippen LogP contribution in [0, 0.1) is 5.82 Å². The van der Waals surface area contributed by atoms with Crippen LogP contribution in [-0.2, 0) is 10.2 Å². The number of piperazine rings is 1. The van der Waals surface area contributed by atoms with Gasteiger partial charge in [-0.05, 0) is 49.8 Å². The fraction of sp³-hybridized carbons (Fsp3) is 0.632. The monoisotopic (exact) mass is 332 g/mol. The topological polar surface area (TPSA) is 43.8 Å². The van der Waals surface area contributed by atoms with Crippen LogP contribution in [0.3, 0.4) is 0 Å². The zero-order valence-electron chi connectivity index (χ0n) is 14.0. The van der Waals surface area contributed by atoms with Gasteiger partial charge in [0.05, 0.1) is 11.5 Å². The smallest absolute Gasteiger partial charge is 0.233 e. The van der Waals surface area contributed by atoms with Gasteiger partial charge in [-0.25, -0.2) is 4.39 Å². The van der Waals surface area contributed by atoms with Gasteiger partial charge in [-0.1, -0.05) is 12.1 Å². The highest BCUT2D eigenvalue weighted by molar-refractivity contribution is 5.91. The lowest BCUT2D eigenvalue weighted by atomic mass is 9.94. The first kappa shape index (κ1) is 16.0. The maximum atomic E-state index is 13.2. The van der Waals surface area contributed by atoms with Crippen molar-refractivity contribution in [3.05, 3.63) is 35.6 Å². The molecule has 130 valence electrons. The minimum atomic E-state index is -0.414. The molecule has 0 unspecified atom stereocenters. The summed E-state index contributed by atoms with van der Waals surface area (Å²) in [5, 5.41) is 10.1. The summed E-state index contributed by atoms with van der Waals surface area (Å²) in [6.07, 6.45) is 4.57. The van der Waals surface area contributed by atoms with Gasteiger partial charge >= 0.3 is 0 Å². The molecule has 0 aromatic heterocycles. The molecule has 1 amide bonds. The number of hydrogen-bond donors (Lipinski definition) is 1. The van der Waals surface area contributed by atoms with Gasteiger partial charge in [-0.15, -0.1) is 0 Å². The van der Waals surface area contributed by atoms with Crippen molar-refractivity contribution < 1.29 is 14.3 Å². The maximum Gasteiger partial charge on any atom is 0.233 e. The molecule has 1 heterocycles. The number of rotatable bonds is 3. The molecule has 0 radical (unpaired) electrons. The number of carbonyl (C=O) groups is 1. The third-order valence-electron chi connectivity index (χ3n) is 6.07. The van der Waals surface area contributed by atoms with Crippen LogP contribution in [0.15, 0.2) is 24.3 Å². The summed E-state index contributed by atoms with van der Waals surface area (Å²) >= 11 is 0. The Kier molecular flexibility index (Phi) is 4.09. The van der Waals surface area contributed by atoms with Crippen molar-refractivity contribution in [3.63, 3.8) is 0 Å². The van der Waals surface area contributed by atoms with Crippen LogP contribution >= 0.6 is 0 Å². The molecular weight excluding hydrogens is 307 g/mol. The largest absolute Gasteiger partial charge is 0.391 e. The Bertz CT molecular complexity index is 606. The summed E-state index contributed by atoms with van der Waals surface area (Å²) in [4.78, 5) is 17.3. The number of amides is 1. The summed E-state index contributed by atoms with van der Waals surface area (Å²) in [6.45, 7) is 3.13. The molecule has 5 heteroatoms. The molecule has 2 aliphatic carbocycles. The number of nitrogens with zero attached hydrogens (tertiary/aromatic N) is 2. The van der Waals surface area contributed by atoms with Gasteiger partial charge in [0.15, 0.2) is 0 Å². The number of halogens is 1. The van der Waals surface area contributed by atoms with E-state index in [1.165, 1.54) is 12.1 Å². The SMILES string of the molecule is O=C(N1CCN([C@H]2CCC[C@@H]2O)CC1)C1(c2ccc(F)cc2)CC1. The molecule has 0 bridgehead atoms. The quantitative estimate of drug-likeness (QED) is 0.920. The van der Waals surface area contributed by atoms with Crippen molar-refractivity contribution in [2.24, 2.45) is 0 Å². The first-order valence-corrected chi connectivity index (χ1v) is 9.08. The summed E-state index contributed by atoms with van der Waals surface area (Å²) in [6, 6.07) is 6.68. The van der Waals surface area contributed by atoms with Crippen LogP contribution in [-0.4, -0.2) is 59.1 Å². The van der Waals surface area contributed by atoms with Crippen LogP contribution in [0.5, 0.6) is 0 Å². The van der Waals surface area contributed by atoms with Crippen LogP contribution in [0.4, 0.5) is 4.39 Å². The third kappa shape index (κ3) is 2.74. The molecule has 1 aromatic rings. The minimum Gasteiger partial charge on any atom is -0.391 e. The van der Waals surface area contributed by atoms with Crippen molar-refractivity contribution in [2.45, 2.75) is 49.7 Å². The van der Waals surface area contributed by atoms with E-state index in [9.17, 15) is 14.3 Å². The fourth-order valence-electron chi connectivity index (χ4n) is 4.43. The average molecular weight is 332 g/mol. The summed E-state index contributed by atoms with van der Waals surface area (Å²) in [5.41, 5.74) is 0.533. The zero-order valence-corrected chi connectivity index (χ0v) is 14.0. The van der Waals surface area contributed by atoms with Crippen molar-refractivity contribution in [1.29, 1.82) is 0 Å². The van der Waals surface area contributed by atoms with Gasteiger partial charge in [-0.2, -0.15) is 0 Å². The van der Waals surface area contributed by atoms with Gasteiger partial charge < -0.3 is 10.0 Å². The molecule has 0 spiro atoms. The third-order valence-corrected chi connectivity index (χ3v) is 6.07. The van der Waals surface area contributed by atoms with Crippen molar-refractivity contribution in [1.82, 2.24) is 9.80 Å². The number of aliphatic hydroxyl groups excluding tert-OH is 1. The lowest BCUT2D eigenvalue weighted by Crippen LogP contribution is -2.55. The van der Waals surface area contributed by atoms with E-state index in [4.69, 9.17) is 0 Å². The average Bonchev–Trinajstić information content (AvgIpc) is 3.30. The van der Waals surface area contributed by atoms with E-state index in [1.54, 1.807) is 12.1 Å². The standard InChI is InChI=1S/C19H25FN2O2/c20-15-6-4-14(5-7-15)19(8-9-19)18(24)22-12-10-21(11-13-22)16-2-1-3-17(16)23/h4-7,16-17,23H,1-3,8-13H2/t16-,17-/m0/s1. The van der Waals surface area contributed by atoms with Gasteiger partial charge in [0.2, 0.25) is 5.91 Å². The second kappa shape index (κ2) is 6.12.